The molecule has 0 aliphatic heterocycles. The predicted octanol–water partition coefficient (Wildman–Crippen LogP) is 3.88. The van der Waals surface area contributed by atoms with Crippen molar-refractivity contribution in [2.24, 2.45) is 7.05 Å². The summed E-state index contributed by atoms with van der Waals surface area (Å²) in [6.45, 7) is 4.11. The first-order chi connectivity index (χ1) is 14.0. The Balaban J connectivity index is 1.67. The number of aromatic nitrogens is 3. The fourth-order valence-electron chi connectivity index (χ4n) is 3.10. The summed E-state index contributed by atoms with van der Waals surface area (Å²) in [5, 5.41) is 2.75. The topological polar surface area (TPSA) is 76.9 Å². The van der Waals surface area contributed by atoms with Gasteiger partial charge in [-0.1, -0.05) is 43.2 Å². The Hall–Kier alpha value is -3.28. The van der Waals surface area contributed by atoms with Crippen LogP contribution in [0.4, 0.5) is 5.95 Å². The molecule has 6 nitrogen and oxygen atoms in total. The lowest BCUT2D eigenvalue weighted by Crippen LogP contribution is -2.19. The summed E-state index contributed by atoms with van der Waals surface area (Å²) >= 11 is 0. The largest absolute Gasteiger partial charge is 0.344 e. The number of benzene rings is 1. The highest BCUT2D eigenvalue weighted by atomic mass is 16.1. The quantitative estimate of drug-likeness (QED) is 0.592. The van der Waals surface area contributed by atoms with Gasteiger partial charge in [0.15, 0.2) is 0 Å². The zero-order chi connectivity index (χ0) is 20.8. The number of nitrogens with zero attached hydrogens (tertiary/aromatic N) is 3. The summed E-state index contributed by atoms with van der Waals surface area (Å²) in [6, 6.07) is 12.9. The molecule has 0 atom stereocenters. The van der Waals surface area contributed by atoms with E-state index in [1.54, 1.807) is 29.9 Å². The second-order valence-corrected chi connectivity index (χ2v) is 7.16. The summed E-state index contributed by atoms with van der Waals surface area (Å²) < 4.78 is 1.76. The molecule has 0 spiro atoms. The van der Waals surface area contributed by atoms with Gasteiger partial charge in [0.1, 0.15) is 0 Å². The second-order valence-electron chi connectivity index (χ2n) is 7.16. The number of hydrogen-bond donors (Lipinski definition) is 1. The summed E-state index contributed by atoms with van der Waals surface area (Å²) in [5.74, 6) is 0.0352. The van der Waals surface area contributed by atoms with Crippen molar-refractivity contribution in [3.8, 4) is 0 Å². The standard InChI is InChI=1S/C23H26N4O2/c1-4-5-6-18-13-14-24-23(25-18)26-21(28)15-19-11-12-20(27(19)3)22(29)17-9-7-16(2)8-10-17/h7-14H,4-6,15H2,1-3H3,(H,24,25,26,28). The van der Waals surface area contributed by atoms with Crippen LogP contribution in [0.5, 0.6) is 0 Å². The first kappa shape index (κ1) is 20.5. The fraction of sp³-hybridized carbons (Fsp3) is 0.304. The van der Waals surface area contributed by atoms with Gasteiger partial charge in [0.2, 0.25) is 17.6 Å². The van der Waals surface area contributed by atoms with Crippen molar-refractivity contribution < 1.29 is 9.59 Å². The van der Waals surface area contributed by atoms with Crippen LogP contribution in [-0.4, -0.2) is 26.2 Å². The monoisotopic (exact) mass is 390 g/mol. The van der Waals surface area contributed by atoms with Crippen LogP contribution in [-0.2, 0) is 24.7 Å². The van der Waals surface area contributed by atoms with Gasteiger partial charge in [-0.15, -0.1) is 0 Å². The van der Waals surface area contributed by atoms with Gasteiger partial charge in [0.05, 0.1) is 12.1 Å². The van der Waals surface area contributed by atoms with Crippen molar-refractivity contribution in [1.82, 2.24) is 14.5 Å². The molecule has 6 heteroatoms. The predicted molar refractivity (Wildman–Crippen MR) is 113 cm³/mol. The summed E-state index contributed by atoms with van der Waals surface area (Å²) in [5.41, 5.74) is 3.95. The van der Waals surface area contributed by atoms with E-state index < -0.39 is 0 Å². The zero-order valence-corrected chi connectivity index (χ0v) is 17.1. The number of anilines is 1. The average Bonchev–Trinajstić information content (AvgIpc) is 3.07. The van der Waals surface area contributed by atoms with E-state index >= 15 is 0 Å². The SMILES string of the molecule is CCCCc1ccnc(NC(=O)Cc2ccc(C(=O)c3ccc(C)cc3)n2C)n1. The molecule has 0 aliphatic carbocycles. The van der Waals surface area contributed by atoms with Gasteiger partial charge >= 0.3 is 0 Å². The molecular weight excluding hydrogens is 364 g/mol. The van der Waals surface area contributed by atoms with Crippen molar-refractivity contribution in [2.45, 2.75) is 39.5 Å². The van der Waals surface area contributed by atoms with Crippen LogP contribution in [0.2, 0.25) is 0 Å². The van der Waals surface area contributed by atoms with Crippen LogP contribution in [0.25, 0.3) is 0 Å². The molecule has 2 aromatic heterocycles. The van der Waals surface area contributed by atoms with Gasteiger partial charge < -0.3 is 4.57 Å². The molecule has 3 aromatic rings. The number of amides is 1. The molecule has 1 amide bonds. The van der Waals surface area contributed by atoms with Gasteiger partial charge in [-0.05, 0) is 38.0 Å². The van der Waals surface area contributed by atoms with E-state index in [0.717, 1.165) is 36.2 Å². The minimum Gasteiger partial charge on any atom is -0.344 e. The van der Waals surface area contributed by atoms with E-state index in [9.17, 15) is 9.59 Å². The first-order valence-corrected chi connectivity index (χ1v) is 9.85. The fourth-order valence-corrected chi connectivity index (χ4v) is 3.10. The second kappa shape index (κ2) is 9.28. The molecule has 1 aromatic carbocycles. The van der Waals surface area contributed by atoms with Crippen LogP contribution < -0.4 is 5.32 Å². The number of rotatable bonds is 8. The highest BCUT2D eigenvalue weighted by Crippen LogP contribution is 2.15. The van der Waals surface area contributed by atoms with E-state index in [2.05, 4.69) is 22.2 Å². The Morgan fingerprint density at radius 3 is 2.55 bits per heavy atom. The summed E-state index contributed by atoms with van der Waals surface area (Å²) in [4.78, 5) is 33.7. The van der Waals surface area contributed by atoms with Gasteiger partial charge in [-0.3, -0.25) is 14.9 Å². The van der Waals surface area contributed by atoms with Crippen molar-refractivity contribution in [3.63, 3.8) is 0 Å². The number of aryl methyl sites for hydroxylation is 2. The Morgan fingerprint density at radius 2 is 1.83 bits per heavy atom. The molecule has 29 heavy (non-hydrogen) atoms. The summed E-state index contributed by atoms with van der Waals surface area (Å²) in [7, 11) is 1.80. The Labute approximate surface area is 171 Å². The molecule has 0 radical (unpaired) electrons. The molecule has 0 bridgehead atoms. The number of carbonyl (C=O) groups excluding carboxylic acids is 2. The van der Waals surface area contributed by atoms with Crippen molar-refractivity contribution in [3.05, 3.63) is 76.9 Å². The molecule has 0 saturated carbocycles. The molecule has 0 saturated heterocycles. The normalized spacial score (nSPS) is 10.7. The first-order valence-electron chi connectivity index (χ1n) is 9.85. The van der Waals surface area contributed by atoms with E-state index in [0.29, 0.717) is 17.2 Å². The van der Waals surface area contributed by atoms with Crippen LogP contribution in [0.15, 0.2) is 48.7 Å². The third-order valence-electron chi connectivity index (χ3n) is 4.86. The van der Waals surface area contributed by atoms with E-state index in [1.165, 1.54) is 0 Å². The van der Waals surface area contributed by atoms with Crippen LogP contribution in [0, 0.1) is 6.92 Å². The molecule has 3 rings (SSSR count). The van der Waals surface area contributed by atoms with E-state index in [1.807, 2.05) is 37.3 Å². The van der Waals surface area contributed by atoms with Crippen molar-refractivity contribution >= 4 is 17.6 Å². The highest BCUT2D eigenvalue weighted by Gasteiger charge is 2.16. The third-order valence-corrected chi connectivity index (χ3v) is 4.86. The molecule has 0 fully saturated rings. The van der Waals surface area contributed by atoms with Gasteiger partial charge in [0.25, 0.3) is 0 Å². The number of nitrogens with one attached hydrogen (secondary N) is 1. The maximum atomic E-state index is 12.8. The molecule has 2 heterocycles. The molecule has 0 unspecified atom stereocenters. The third kappa shape index (κ3) is 5.16. The maximum absolute atomic E-state index is 12.8. The lowest BCUT2D eigenvalue weighted by Gasteiger charge is -2.08. The molecule has 150 valence electrons. The van der Waals surface area contributed by atoms with E-state index in [-0.39, 0.29) is 18.1 Å². The van der Waals surface area contributed by atoms with Crippen LogP contribution in [0.3, 0.4) is 0 Å². The minimum atomic E-state index is -0.215. The number of unbranched alkanes of at least 4 members (excludes halogenated alkanes) is 1. The number of hydrogen-bond acceptors (Lipinski definition) is 4. The van der Waals surface area contributed by atoms with Gasteiger partial charge in [-0.25, -0.2) is 9.97 Å². The highest BCUT2D eigenvalue weighted by molar-refractivity contribution is 6.08. The summed E-state index contributed by atoms with van der Waals surface area (Å²) in [6.07, 6.45) is 4.80. The van der Waals surface area contributed by atoms with E-state index in [4.69, 9.17) is 0 Å². The Morgan fingerprint density at radius 1 is 1.07 bits per heavy atom. The van der Waals surface area contributed by atoms with Crippen molar-refractivity contribution in [2.75, 3.05) is 5.32 Å². The average molecular weight is 390 g/mol. The number of carbonyl (C=O) groups is 2. The Bertz CT molecular complexity index is 1010. The Kier molecular flexibility index (Phi) is 6.54. The maximum Gasteiger partial charge on any atom is 0.232 e. The van der Waals surface area contributed by atoms with Gasteiger partial charge in [0, 0.05) is 30.2 Å². The molecule has 0 aliphatic rings. The minimum absolute atomic E-state index is 0.0638. The smallest absolute Gasteiger partial charge is 0.232 e. The molecular formula is C23H26N4O2. The lowest BCUT2D eigenvalue weighted by molar-refractivity contribution is -0.115. The number of ketones is 1. The van der Waals surface area contributed by atoms with Crippen molar-refractivity contribution in [1.29, 1.82) is 0 Å². The lowest BCUT2D eigenvalue weighted by atomic mass is 10.1. The van der Waals surface area contributed by atoms with Crippen LogP contribution in [0.1, 0.15) is 52.8 Å². The molecule has 1 N–H and O–H groups in total. The van der Waals surface area contributed by atoms with Crippen LogP contribution >= 0.6 is 0 Å². The zero-order valence-electron chi connectivity index (χ0n) is 17.1. The van der Waals surface area contributed by atoms with Gasteiger partial charge in [-0.2, -0.15) is 0 Å².